The van der Waals surface area contributed by atoms with Crippen LogP contribution in [0.2, 0.25) is 0 Å². The van der Waals surface area contributed by atoms with Crippen LogP contribution in [-0.2, 0) is 0 Å². The van der Waals surface area contributed by atoms with Gasteiger partial charge in [0, 0.05) is 18.6 Å². The Morgan fingerprint density at radius 2 is 1.73 bits per heavy atom. The Balaban J connectivity index is 2.08. The summed E-state index contributed by atoms with van der Waals surface area (Å²) in [4.78, 5) is 12.6. The first-order valence-corrected chi connectivity index (χ1v) is 5.59. The molecule has 0 saturated heterocycles. The van der Waals surface area contributed by atoms with Crippen LogP contribution >= 0.6 is 11.8 Å². The van der Waals surface area contributed by atoms with E-state index in [0.717, 1.165) is 10.9 Å². The van der Waals surface area contributed by atoms with Crippen LogP contribution in [0.1, 0.15) is 17.9 Å². The van der Waals surface area contributed by atoms with Gasteiger partial charge >= 0.3 is 0 Å². The van der Waals surface area contributed by atoms with E-state index in [4.69, 9.17) is 0 Å². The van der Waals surface area contributed by atoms with E-state index in [9.17, 15) is 0 Å². The Morgan fingerprint density at radius 3 is 2.40 bits per heavy atom. The van der Waals surface area contributed by atoms with E-state index in [1.54, 1.807) is 30.4 Å². The Kier molecular flexibility index (Phi) is 3.29. The van der Waals surface area contributed by atoms with Gasteiger partial charge in [0.2, 0.25) is 0 Å². The summed E-state index contributed by atoms with van der Waals surface area (Å²) in [6.45, 7) is 2.10. The van der Waals surface area contributed by atoms with Crippen LogP contribution in [0.4, 0.5) is 0 Å². The van der Waals surface area contributed by atoms with Gasteiger partial charge in [-0.2, -0.15) is 0 Å². The average molecular weight is 217 g/mol. The second-order valence-corrected chi connectivity index (χ2v) is 4.35. The molecule has 0 radical (unpaired) electrons. The molecule has 15 heavy (non-hydrogen) atoms. The van der Waals surface area contributed by atoms with Crippen molar-refractivity contribution in [3.8, 4) is 0 Å². The molecule has 76 valence electrons. The highest BCUT2D eigenvalue weighted by Crippen LogP contribution is 2.30. The van der Waals surface area contributed by atoms with Crippen molar-refractivity contribution < 1.29 is 0 Å². The zero-order valence-electron chi connectivity index (χ0n) is 8.37. The minimum Gasteiger partial charge on any atom is -0.260 e. The highest BCUT2D eigenvalue weighted by molar-refractivity contribution is 7.99. The fourth-order valence-electron chi connectivity index (χ4n) is 1.18. The first-order valence-electron chi connectivity index (χ1n) is 4.71. The minimum absolute atomic E-state index is 0.272. The molecule has 0 saturated carbocycles. The van der Waals surface area contributed by atoms with Crippen LogP contribution in [0, 0.1) is 0 Å². The Bertz CT molecular complexity index is 405. The molecule has 0 amide bonds. The SMILES string of the molecule is CC(Sc1ncccn1)c1ccccn1. The summed E-state index contributed by atoms with van der Waals surface area (Å²) in [5.74, 6) is 0. The topological polar surface area (TPSA) is 38.7 Å². The van der Waals surface area contributed by atoms with Gasteiger partial charge < -0.3 is 0 Å². The van der Waals surface area contributed by atoms with E-state index < -0.39 is 0 Å². The molecule has 4 heteroatoms. The molecule has 2 aromatic heterocycles. The van der Waals surface area contributed by atoms with Crippen LogP contribution in [0.3, 0.4) is 0 Å². The van der Waals surface area contributed by atoms with Gasteiger partial charge in [0.1, 0.15) is 0 Å². The van der Waals surface area contributed by atoms with Gasteiger partial charge in [-0.25, -0.2) is 9.97 Å². The van der Waals surface area contributed by atoms with E-state index in [1.165, 1.54) is 0 Å². The number of pyridine rings is 1. The average Bonchev–Trinajstić information content (AvgIpc) is 2.31. The van der Waals surface area contributed by atoms with Crippen molar-refractivity contribution in [2.45, 2.75) is 17.3 Å². The second kappa shape index (κ2) is 4.89. The van der Waals surface area contributed by atoms with Crippen molar-refractivity contribution >= 4 is 11.8 Å². The molecule has 0 N–H and O–H groups in total. The van der Waals surface area contributed by atoms with Gasteiger partial charge in [-0.05, 0) is 25.1 Å². The molecule has 1 atom stereocenters. The maximum atomic E-state index is 4.30. The molecule has 0 aliphatic rings. The lowest BCUT2D eigenvalue weighted by atomic mass is 10.3. The number of rotatable bonds is 3. The summed E-state index contributed by atoms with van der Waals surface area (Å²) in [7, 11) is 0. The monoisotopic (exact) mass is 217 g/mol. The van der Waals surface area contributed by atoms with Crippen molar-refractivity contribution in [2.24, 2.45) is 0 Å². The predicted octanol–water partition coefficient (Wildman–Crippen LogP) is 2.72. The Labute approximate surface area is 93.0 Å². The van der Waals surface area contributed by atoms with Crippen molar-refractivity contribution in [3.63, 3.8) is 0 Å². The van der Waals surface area contributed by atoms with Crippen LogP contribution in [0.25, 0.3) is 0 Å². The Morgan fingerprint density at radius 1 is 1.00 bits per heavy atom. The third kappa shape index (κ3) is 2.76. The van der Waals surface area contributed by atoms with E-state index in [1.807, 2.05) is 24.3 Å². The fourth-order valence-corrected chi connectivity index (χ4v) is 2.00. The molecule has 0 fully saturated rings. The molecule has 0 aliphatic heterocycles. The predicted molar refractivity (Wildman–Crippen MR) is 60.5 cm³/mol. The van der Waals surface area contributed by atoms with Crippen molar-refractivity contribution in [2.75, 3.05) is 0 Å². The van der Waals surface area contributed by atoms with Crippen LogP contribution in [0.5, 0.6) is 0 Å². The van der Waals surface area contributed by atoms with Gasteiger partial charge in [0.05, 0.1) is 10.9 Å². The van der Waals surface area contributed by atoms with Crippen molar-refractivity contribution in [1.82, 2.24) is 15.0 Å². The molecule has 2 heterocycles. The van der Waals surface area contributed by atoms with Gasteiger partial charge in [-0.1, -0.05) is 17.8 Å². The number of hydrogen-bond acceptors (Lipinski definition) is 4. The van der Waals surface area contributed by atoms with Crippen LogP contribution < -0.4 is 0 Å². The largest absolute Gasteiger partial charge is 0.260 e. The van der Waals surface area contributed by atoms with Gasteiger partial charge in [0.15, 0.2) is 5.16 Å². The number of hydrogen-bond donors (Lipinski definition) is 0. The summed E-state index contributed by atoms with van der Waals surface area (Å²) >= 11 is 1.61. The quantitative estimate of drug-likeness (QED) is 0.585. The first kappa shape index (κ1) is 10.1. The molecule has 0 aromatic carbocycles. The summed E-state index contributed by atoms with van der Waals surface area (Å²) in [6.07, 6.45) is 5.30. The van der Waals surface area contributed by atoms with E-state index in [2.05, 4.69) is 21.9 Å². The molecule has 0 spiro atoms. The molecule has 1 unspecified atom stereocenters. The molecule has 3 nitrogen and oxygen atoms in total. The highest BCUT2D eigenvalue weighted by Gasteiger charge is 2.09. The first-order chi connectivity index (χ1) is 7.36. The molecular formula is C11H11N3S. The van der Waals surface area contributed by atoms with Crippen LogP contribution in [-0.4, -0.2) is 15.0 Å². The molecule has 2 rings (SSSR count). The number of nitrogens with zero attached hydrogens (tertiary/aromatic N) is 3. The number of aromatic nitrogens is 3. The summed E-state index contributed by atoms with van der Waals surface area (Å²) in [5, 5.41) is 1.06. The minimum atomic E-state index is 0.272. The number of thioether (sulfide) groups is 1. The smallest absolute Gasteiger partial charge is 0.188 e. The zero-order chi connectivity index (χ0) is 10.5. The van der Waals surface area contributed by atoms with E-state index in [-0.39, 0.29) is 5.25 Å². The normalized spacial score (nSPS) is 12.3. The third-order valence-electron chi connectivity index (χ3n) is 1.93. The maximum Gasteiger partial charge on any atom is 0.188 e. The summed E-state index contributed by atoms with van der Waals surface area (Å²) in [5.41, 5.74) is 1.05. The Hall–Kier alpha value is -1.42. The van der Waals surface area contributed by atoms with E-state index >= 15 is 0 Å². The lowest BCUT2D eigenvalue weighted by Crippen LogP contribution is -1.93. The van der Waals surface area contributed by atoms with Gasteiger partial charge in [-0.3, -0.25) is 4.98 Å². The standard InChI is InChI=1S/C11H11N3S/c1-9(10-5-2-3-6-12-10)15-11-13-7-4-8-14-11/h2-9H,1H3. The lowest BCUT2D eigenvalue weighted by molar-refractivity contribution is 0.938. The molecular weight excluding hydrogens is 206 g/mol. The fraction of sp³-hybridized carbons (Fsp3) is 0.182. The van der Waals surface area contributed by atoms with Gasteiger partial charge in [0.25, 0.3) is 0 Å². The van der Waals surface area contributed by atoms with Crippen molar-refractivity contribution in [1.29, 1.82) is 0 Å². The summed E-state index contributed by atoms with van der Waals surface area (Å²) < 4.78 is 0. The van der Waals surface area contributed by atoms with Crippen LogP contribution in [0.15, 0.2) is 48.0 Å². The maximum absolute atomic E-state index is 4.30. The second-order valence-electron chi connectivity index (χ2n) is 3.05. The molecule has 0 bridgehead atoms. The molecule has 0 aliphatic carbocycles. The lowest BCUT2D eigenvalue weighted by Gasteiger charge is -2.08. The van der Waals surface area contributed by atoms with Gasteiger partial charge in [-0.15, -0.1) is 0 Å². The summed E-state index contributed by atoms with van der Waals surface area (Å²) in [6, 6.07) is 7.74. The highest BCUT2D eigenvalue weighted by atomic mass is 32.2. The van der Waals surface area contributed by atoms with E-state index in [0.29, 0.717) is 0 Å². The molecule has 2 aromatic rings. The third-order valence-corrected chi connectivity index (χ3v) is 2.95. The van der Waals surface area contributed by atoms with Crippen molar-refractivity contribution in [3.05, 3.63) is 48.5 Å². The zero-order valence-corrected chi connectivity index (χ0v) is 9.19.